The van der Waals surface area contributed by atoms with Gasteiger partial charge < -0.3 is 4.90 Å². The summed E-state index contributed by atoms with van der Waals surface area (Å²) in [5.41, 5.74) is -0.119. The maximum absolute atomic E-state index is 13.4. The maximum atomic E-state index is 13.4. The van der Waals surface area contributed by atoms with Gasteiger partial charge in [-0.05, 0) is 44.5 Å². The van der Waals surface area contributed by atoms with Gasteiger partial charge >= 0.3 is 0 Å². The van der Waals surface area contributed by atoms with Crippen LogP contribution < -0.4 is 0 Å². The van der Waals surface area contributed by atoms with E-state index in [1.54, 1.807) is 23.9 Å². The topological polar surface area (TPSA) is 47.3 Å². The van der Waals surface area contributed by atoms with Crippen LogP contribution in [-0.2, 0) is 4.79 Å². The molecule has 136 valence electrons. The van der Waals surface area contributed by atoms with Crippen molar-refractivity contribution in [1.29, 1.82) is 5.26 Å². The summed E-state index contributed by atoms with van der Waals surface area (Å²) >= 11 is 0. The number of hydrogen-bond donors (Lipinski definition) is 0. The molecule has 6 heteroatoms. The number of rotatable bonds is 5. The maximum Gasteiger partial charge on any atom is 0.237 e. The highest BCUT2D eigenvalue weighted by Crippen LogP contribution is 2.32. The van der Waals surface area contributed by atoms with Crippen molar-refractivity contribution in [3.63, 3.8) is 0 Å². The summed E-state index contributed by atoms with van der Waals surface area (Å²) in [7, 11) is 3.45. The Kier molecular flexibility index (Phi) is 6.12. The summed E-state index contributed by atoms with van der Waals surface area (Å²) in [6, 6.07) is 5.86. The lowest BCUT2D eigenvalue weighted by atomic mass is 9.81. The highest BCUT2D eigenvalue weighted by atomic mass is 19.2. The molecule has 0 aromatic heterocycles. The van der Waals surface area contributed by atoms with Gasteiger partial charge in [-0.1, -0.05) is 25.3 Å². The average Bonchev–Trinajstić information content (AvgIpc) is 2.63. The lowest BCUT2D eigenvalue weighted by Gasteiger charge is -2.40. The van der Waals surface area contributed by atoms with Crippen LogP contribution >= 0.6 is 0 Å². The van der Waals surface area contributed by atoms with Crippen LogP contribution in [0.2, 0.25) is 0 Å². The average molecular weight is 349 g/mol. The van der Waals surface area contributed by atoms with Gasteiger partial charge in [-0.15, -0.1) is 0 Å². The third-order valence-corrected chi connectivity index (χ3v) is 5.38. The highest BCUT2D eigenvalue weighted by Gasteiger charge is 2.39. The molecule has 1 aliphatic carbocycles. The second-order valence-corrected chi connectivity index (χ2v) is 6.92. The molecule has 1 amide bonds. The Hall–Kier alpha value is -2.00. The van der Waals surface area contributed by atoms with Crippen LogP contribution in [0.5, 0.6) is 0 Å². The SMILES string of the molecule is CC(c1ccc(F)c(F)c1)N(C)CC(=O)N(C)C1(C#N)CCCCC1. The zero-order valence-corrected chi connectivity index (χ0v) is 15.1. The van der Waals surface area contributed by atoms with Gasteiger partial charge in [0, 0.05) is 13.1 Å². The Morgan fingerprint density at radius 2 is 1.88 bits per heavy atom. The summed E-state index contributed by atoms with van der Waals surface area (Å²) in [6.07, 6.45) is 4.40. The summed E-state index contributed by atoms with van der Waals surface area (Å²) in [5.74, 6) is -1.92. The predicted octanol–water partition coefficient (Wildman–Crippen LogP) is 3.64. The third kappa shape index (κ3) is 4.16. The Bertz CT molecular complexity index is 665. The molecule has 0 saturated heterocycles. The zero-order valence-electron chi connectivity index (χ0n) is 15.1. The molecule has 1 fully saturated rings. The number of nitriles is 1. The molecule has 2 rings (SSSR count). The van der Waals surface area contributed by atoms with Crippen LogP contribution in [0, 0.1) is 23.0 Å². The van der Waals surface area contributed by atoms with E-state index in [0.29, 0.717) is 18.4 Å². The molecular formula is C19H25F2N3O. The van der Waals surface area contributed by atoms with E-state index in [2.05, 4.69) is 6.07 Å². The largest absolute Gasteiger partial charge is 0.326 e. The first-order valence-corrected chi connectivity index (χ1v) is 8.64. The molecule has 1 aliphatic rings. The first kappa shape index (κ1) is 19.3. The van der Waals surface area contributed by atoms with Crippen LogP contribution in [-0.4, -0.2) is 41.9 Å². The molecule has 25 heavy (non-hydrogen) atoms. The Labute approximate surface area is 148 Å². The van der Waals surface area contributed by atoms with Crippen LogP contribution in [0.25, 0.3) is 0 Å². The van der Waals surface area contributed by atoms with E-state index in [-0.39, 0.29) is 18.5 Å². The number of nitrogens with zero attached hydrogens (tertiary/aromatic N) is 3. The second-order valence-electron chi connectivity index (χ2n) is 6.92. The van der Waals surface area contributed by atoms with Crippen molar-refractivity contribution in [3.05, 3.63) is 35.4 Å². The standard InChI is InChI=1S/C19H25F2N3O/c1-14(15-7-8-16(20)17(21)11-15)23(2)12-18(25)24(3)19(13-22)9-5-4-6-10-19/h7-8,11,14H,4-6,9-10,12H2,1-3H3. The van der Waals surface area contributed by atoms with Gasteiger partial charge in [0.05, 0.1) is 12.6 Å². The van der Waals surface area contributed by atoms with E-state index in [1.807, 2.05) is 6.92 Å². The molecule has 1 unspecified atom stereocenters. The molecule has 0 N–H and O–H groups in total. The predicted molar refractivity (Wildman–Crippen MR) is 91.6 cm³/mol. The molecule has 1 saturated carbocycles. The molecule has 1 aromatic rings. The highest BCUT2D eigenvalue weighted by molar-refractivity contribution is 5.79. The number of carbonyl (C=O) groups is 1. The van der Waals surface area contributed by atoms with E-state index in [1.165, 1.54) is 6.07 Å². The van der Waals surface area contributed by atoms with Crippen molar-refractivity contribution < 1.29 is 13.6 Å². The van der Waals surface area contributed by atoms with Crippen LogP contribution in [0.4, 0.5) is 8.78 Å². The van der Waals surface area contributed by atoms with Crippen LogP contribution in [0.1, 0.15) is 50.6 Å². The minimum absolute atomic E-state index is 0.111. The van der Waals surface area contributed by atoms with Crippen molar-refractivity contribution >= 4 is 5.91 Å². The minimum atomic E-state index is -0.896. The van der Waals surface area contributed by atoms with Gasteiger partial charge in [-0.25, -0.2) is 8.78 Å². The number of likely N-dealkylation sites (N-methyl/N-ethyl adjacent to an activating group) is 2. The van der Waals surface area contributed by atoms with Crippen molar-refractivity contribution in [1.82, 2.24) is 9.80 Å². The lowest BCUT2D eigenvalue weighted by Crippen LogP contribution is -2.52. The molecule has 0 heterocycles. The van der Waals surface area contributed by atoms with E-state index in [4.69, 9.17) is 0 Å². The van der Waals surface area contributed by atoms with E-state index >= 15 is 0 Å². The molecule has 1 atom stereocenters. The zero-order chi connectivity index (χ0) is 18.6. The monoisotopic (exact) mass is 349 g/mol. The number of benzene rings is 1. The van der Waals surface area contributed by atoms with Gasteiger partial charge in [-0.2, -0.15) is 5.26 Å². The number of halogens is 2. The van der Waals surface area contributed by atoms with Crippen molar-refractivity contribution in [3.8, 4) is 6.07 Å². The first-order chi connectivity index (χ1) is 11.8. The second kappa shape index (κ2) is 7.92. The number of carbonyl (C=O) groups excluding carboxylic acids is 1. The fraction of sp³-hybridized carbons (Fsp3) is 0.579. The molecule has 1 aromatic carbocycles. The van der Waals surface area contributed by atoms with Gasteiger partial charge in [0.2, 0.25) is 5.91 Å². The van der Waals surface area contributed by atoms with Gasteiger partial charge in [0.25, 0.3) is 0 Å². The first-order valence-electron chi connectivity index (χ1n) is 8.64. The lowest BCUT2D eigenvalue weighted by molar-refractivity contribution is -0.136. The normalized spacial score (nSPS) is 17.8. The van der Waals surface area contributed by atoms with Gasteiger partial charge in [-0.3, -0.25) is 9.69 Å². The van der Waals surface area contributed by atoms with E-state index < -0.39 is 17.2 Å². The smallest absolute Gasteiger partial charge is 0.237 e. The van der Waals surface area contributed by atoms with Crippen LogP contribution in [0.15, 0.2) is 18.2 Å². The van der Waals surface area contributed by atoms with Crippen LogP contribution in [0.3, 0.4) is 0 Å². The summed E-state index contributed by atoms with van der Waals surface area (Å²) in [6.45, 7) is 1.95. The quantitative estimate of drug-likeness (QED) is 0.815. The molecule has 0 radical (unpaired) electrons. The Balaban J connectivity index is 2.05. The molecule has 0 bridgehead atoms. The summed E-state index contributed by atoms with van der Waals surface area (Å²) in [5, 5.41) is 9.60. The fourth-order valence-corrected chi connectivity index (χ4v) is 3.38. The Morgan fingerprint density at radius 3 is 2.44 bits per heavy atom. The molecular weight excluding hydrogens is 324 g/mol. The Morgan fingerprint density at radius 1 is 1.24 bits per heavy atom. The fourth-order valence-electron chi connectivity index (χ4n) is 3.38. The molecule has 0 spiro atoms. The number of amides is 1. The summed E-state index contributed by atoms with van der Waals surface area (Å²) in [4.78, 5) is 16.0. The van der Waals surface area contributed by atoms with E-state index in [9.17, 15) is 18.8 Å². The third-order valence-electron chi connectivity index (χ3n) is 5.38. The van der Waals surface area contributed by atoms with Crippen molar-refractivity contribution in [2.75, 3.05) is 20.6 Å². The molecule has 0 aliphatic heterocycles. The summed E-state index contributed by atoms with van der Waals surface area (Å²) < 4.78 is 26.5. The van der Waals surface area contributed by atoms with Gasteiger partial charge in [0.15, 0.2) is 11.6 Å². The van der Waals surface area contributed by atoms with Gasteiger partial charge in [0.1, 0.15) is 5.54 Å². The molecule has 4 nitrogen and oxygen atoms in total. The van der Waals surface area contributed by atoms with Crippen molar-refractivity contribution in [2.45, 2.75) is 50.6 Å². The van der Waals surface area contributed by atoms with E-state index in [0.717, 1.165) is 31.4 Å². The van der Waals surface area contributed by atoms with Crippen molar-refractivity contribution in [2.24, 2.45) is 0 Å². The minimum Gasteiger partial charge on any atom is -0.326 e. The number of hydrogen-bond acceptors (Lipinski definition) is 3.